The molecule has 0 bridgehead atoms. The van der Waals surface area contributed by atoms with E-state index >= 15 is 0 Å². The van der Waals surface area contributed by atoms with E-state index in [9.17, 15) is 5.11 Å². The Morgan fingerprint density at radius 2 is 2.05 bits per heavy atom. The largest absolute Gasteiger partial charge is 0.503 e. The Bertz CT molecular complexity index is 409. The van der Waals surface area contributed by atoms with E-state index in [2.05, 4.69) is 41.7 Å². The van der Waals surface area contributed by atoms with Gasteiger partial charge in [0.2, 0.25) is 0 Å². The third-order valence-corrected chi connectivity index (χ3v) is 3.77. The molecule has 1 unspecified atom stereocenters. The zero-order valence-electron chi connectivity index (χ0n) is 12.2. The molecule has 108 valence electrons. The second-order valence-corrected chi connectivity index (χ2v) is 5.92. The smallest absolute Gasteiger partial charge is 0.172 e. The summed E-state index contributed by atoms with van der Waals surface area (Å²) in [5.41, 5.74) is 1.14. The van der Waals surface area contributed by atoms with Crippen LogP contribution in [0.15, 0.2) is 16.6 Å². The minimum absolute atomic E-state index is 0.176. The van der Waals surface area contributed by atoms with Crippen LogP contribution in [-0.4, -0.2) is 30.2 Å². The van der Waals surface area contributed by atoms with Gasteiger partial charge in [0, 0.05) is 13.1 Å². The molecule has 19 heavy (non-hydrogen) atoms. The monoisotopic (exact) mass is 329 g/mol. The van der Waals surface area contributed by atoms with Crippen LogP contribution in [0.3, 0.4) is 0 Å². The molecule has 0 saturated heterocycles. The van der Waals surface area contributed by atoms with Gasteiger partial charge in [-0.3, -0.25) is 0 Å². The van der Waals surface area contributed by atoms with Gasteiger partial charge in [0.1, 0.15) is 0 Å². The number of halogens is 1. The molecule has 1 N–H and O–H groups in total. The van der Waals surface area contributed by atoms with Crippen molar-refractivity contribution in [2.75, 3.05) is 20.2 Å². The molecule has 3 nitrogen and oxygen atoms in total. The van der Waals surface area contributed by atoms with Crippen molar-refractivity contribution >= 4 is 15.9 Å². The number of phenols is 1. The summed E-state index contributed by atoms with van der Waals surface area (Å²) in [6.07, 6.45) is 1.19. The quantitative estimate of drug-likeness (QED) is 0.819. The summed E-state index contributed by atoms with van der Waals surface area (Å²) < 4.78 is 6.13. The predicted molar refractivity (Wildman–Crippen MR) is 82.8 cm³/mol. The molecule has 0 fully saturated rings. The lowest BCUT2D eigenvalue weighted by Crippen LogP contribution is -2.23. The Labute approximate surface area is 124 Å². The van der Waals surface area contributed by atoms with Gasteiger partial charge in [-0.15, -0.1) is 0 Å². The highest BCUT2D eigenvalue weighted by atomic mass is 79.9. The van der Waals surface area contributed by atoms with Crippen LogP contribution in [0.1, 0.15) is 32.8 Å². The number of hydrogen-bond donors (Lipinski definition) is 1. The van der Waals surface area contributed by atoms with Crippen molar-refractivity contribution in [1.82, 2.24) is 4.90 Å². The van der Waals surface area contributed by atoms with Gasteiger partial charge in [0.25, 0.3) is 0 Å². The van der Waals surface area contributed by atoms with Crippen molar-refractivity contribution in [2.24, 2.45) is 5.92 Å². The molecule has 0 aromatic heterocycles. The molecule has 1 atom stereocenters. The lowest BCUT2D eigenvalue weighted by Gasteiger charge is -2.21. The van der Waals surface area contributed by atoms with E-state index in [1.807, 2.05) is 19.1 Å². The molecule has 1 rings (SSSR count). The highest BCUT2D eigenvalue weighted by Gasteiger charge is 2.11. The lowest BCUT2D eigenvalue weighted by atomic mass is 10.1. The summed E-state index contributed by atoms with van der Waals surface area (Å²) in [6.45, 7) is 8.85. The van der Waals surface area contributed by atoms with Crippen LogP contribution in [0.25, 0.3) is 0 Å². The first-order valence-corrected chi connectivity index (χ1v) is 7.59. The van der Waals surface area contributed by atoms with Crippen LogP contribution in [0, 0.1) is 5.92 Å². The Kier molecular flexibility index (Phi) is 6.66. The zero-order chi connectivity index (χ0) is 14.4. The summed E-state index contributed by atoms with van der Waals surface area (Å²) >= 11 is 3.37. The third kappa shape index (κ3) is 5.03. The van der Waals surface area contributed by atoms with E-state index < -0.39 is 0 Å². The van der Waals surface area contributed by atoms with E-state index in [4.69, 9.17) is 4.74 Å². The van der Waals surface area contributed by atoms with Crippen LogP contribution in [-0.2, 0) is 6.54 Å². The lowest BCUT2D eigenvalue weighted by molar-refractivity contribution is 0.273. The first-order valence-electron chi connectivity index (χ1n) is 6.80. The fourth-order valence-electron chi connectivity index (χ4n) is 2.02. The van der Waals surface area contributed by atoms with Crippen molar-refractivity contribution < 1.29 is 9.84 Å². The maximum atomic E-state index is 9.89. The molecule has 0 saturated carbocycles. The highest BCUT2D eigenvalue weighted by molar-refractivity contribution is 9.10. The van der Waals surface area contributed by atoms with Gasteiger partial charge in [-0.05, 0) is 53.5 Å². The number of nitrogens with zero attached hydrogens (tertiary/aromatic N) is 1. The number of ether oxygens (including phenoxy) is 1. The first kappa shape index (κ1) is 16.3. The fourth-order valence-corrected chi connectivity index (χ4v) is 2.51. The van der Waals surface area contributed by atoms with E-state index in [-0.39, 0.29) is 5.75 Å². The number of aromatic hydroxyl groups is 1. The Morgan fingerprint density at radius 3 is 2.63 bits per heavy atom. The molecular formula is C15H24BrNO2. The van der Waals surface area contributed by atoms with Crippen LogP contribution >= 0.6 is 15.9 Å². The number of hydrogen-bond acceptors (Lipinski definition) is 3. The molecule has 0 spiro atoms. The number of rotatable bonds is 7. The Hall–Kier alpha value is -0.740. The Morgan fingerprint density at radius 1 is 1.37 bits per heavy atom. The minimum Gasteiger partial charge on any atom is -0.503 e. The highest BCUT2D eigenvalue weighted by Crippen LogP contribution is 2.35. The molecule has 0 radical (unpaired) electrons. The maximum absolute atomic E-state index is 9.89. The molecule has 1 aromatic rings. The maximum Gasteiger partial charge on any atom is 0.172 e. The van der Waals surface area contributed by atoms with Gasteiger partial charge in [0.15, 0.2) is 11.5 Å². The fraction of sp³-hybridized carbons (Fsp3) is 0.600. The summed E-state index contributed by atoms with van der Waals surface area (Å²) in [4.78, 5) is 2.29. The number of benzene rings is 1. The molecule has 1 aromatic carbocycles. The van der Waals surface area contributed by atoms with E-state index in [1.54, 1.807) is 0 Å². The topological polar surface area (TPSA) is 32.7 Å². The second-order valence-electron chi connectivity index (χ2n) is 5.07. The van der Waals surface area contributed by atoms with E-state index in [1.165, 1.54) is 6.42 Å². The van der Waals surface area contributed by atoms with Crippen molar-refractivity contribution in [3.05, 3.63) is 22.2 Å². The molecular weight excluding hydrogens is 306 g/mol. The SMILES string of the molecule is CCOc1cc(CN(C)CC(C)CC)cc(Br)c1O. The van der Waals surface area contributed by atoms with E-state index in [0.717, 1.165) is 18.7 Å². The van der Waals surface area contributed by atoms with Crippen LogP contribution < -0.4 is 4.74 Å². The van der Waals surface area contributed by atoms with Crippen LogP contribution in [0.2, 0.25) is 0 Å². The Balaban J connectivity index is 2.78. The van der Waals surface area contributed by atoms with Gasteiger partial charge in [-0.1, -0.05) is 20.3 Å². The number of phenolic OH excluding ortho intramolecular Hbond substituents is 1. The molecule has 0 aliphatic rings. The summed E-state index contributed by atoms with van der Waals surface area (Å²) in [7, 11) is 2.12. The molecule has 0 heterocycles. The van der Waals surface area contributed by atoms with Gasteiger partial charge >= 0.3 is 0 Å². The molecule has 0 aliphatic heterocycles. The zero-order valence-corrected chi connectivity index (χ0v) is 13.8. The van der Waals surface area contributed by atoms with Gasteiger partial charge in [-0.25, -0.2) is 0 Å². The first-order chi connectivity index (χ1) is 8.97. The van der Waals surface area contributed by atoms with Crippen LogP contribution in [0.5, 0.6) is 11.5 Å². The summed E-state index contributed by atoms with van der Waals surface area (Å²) in [5.74, 6) is 1.41. The minimum atomic E-state index is 0.176. The molecule has 0 amide bonds. The standard InChI is InChI=1S/C15H24BrNO2/c1-5-11(3)9-17(4)10-12-7-13(16)15(18)14(8-12)19-6-2/h7-8,11,18H,5-6,9-10H2,1-4H3. The van der Waals surface area contributed by atoms with Crippen molar-refractivity contribution in [1.29, 1.82) is 0 Å². The molecule has 4 heteroatoms. The van der Waals surface area contributed by atoms with Crippen molar-refractivity contribution in [3.8, 4) is 11.5 Å². The normalized spacial score (nSPS) is 12.7. The average molecular weight is 330 g/mol. The summed E-state index contributed by atoms with van der Waals surface area (Å²) in [5, 5.41) is 9.89. The predicted octanol–water partition coefficient (Wildman–Crippen LogP) is 4.03. The third-order valence-electron chi connectivity index (χ3n) is 3.16. The van der Waals surface area contributed by atoms with Crippen LogP contribution in [0.4, 0.5) is 0 Å². The second kappa shape index (κ2) is 7.75. The van der Waals surface area contributed by atoms with Crippen molar-refractivity contribution in [3.63, 3.8) is 0 Å². The van der Waals surface area contributed by atoms with Gasteiger partial charge in [-0.2, -0.15) is 0 Å². The average Bonchev–Trinajstić information content (AvgIpc) is 2.35. The molecule has 0 aliphatic carbocycles. The summed E-state index contributed by atoms with van der Waals surface area (Å²) in [6, 6.07) is 3.86. The van der Waals surface area contributed by atoms with Gasteiger partial charge < -0.3 is 14.7 Å². The van der Waals surface area contributed by atoms with Gasteiger partial charge in [0.05, 0.1) is 11.1 Å². The van der Waals surface area contributed by atoms with E-state index in [0.29, 0.717) is 22.7 Å². The van der Waals surface area contributed by atoms with Crippen molar-refractivity contribution in [2.45, 2.75) is 33.7 Å².